The van der Waals surface area contributed by atoms with Crippen molar-refractivity contribution in [2.24, 2.45) is 11.8 Å². The van der Waals surface area contributed by atoms with E-state index in [9.17, 15) is 19.5 Å². The van der Waals surface area contributed by atoms with Gasteiger partial charge in [0, 0.05) is 43.2 Å². The number of hydrogen-bond donors (Lipinski definition) is 2. The first kappa shape index (κ1) is 22.6. The Hall–Kier alpha value is -3.61. The lowest BCUT2D eigenvalue weighted by Crippen LogP contribution is -2.37. The Bertz CT molecular complexity index is 1210. The van der Waals surface area contributed by atoms with Crippen LogP contribution in [0.3, 0.4) is 0 Å². The standard InChI is InChI=1S/C23H28N6O4/c1-14(2)13-28-21-16(3-6-18(30)27-9-7-15(11-24)8-10-27)12-25-29(21)23(33)19(22(28)32)20(31)26-17-4-5-17/h3,6,12,14-15,17,33H,4-5,7-10,13H2,1-2H3,(H,26,31). The quantitative estimate of drug-likeness (QED) is 0.639. The maximum atomic E-state index is 13.3. The van der Waals surface area contributed by atoms with Gasteiger partial charge in [-0.15, -0.1) is 0 Å². The topological polar surface area (TPSA) is 133 Å². The fraction of sp³-hybridized carbons (Fsp3) is 0.522. The molecule has 4 rings (SSSR count). The van der Waals surface area contributed by atoms with E-state index >= 15 is 0 Å². The molecule has 1 aliphatic carbocycles. The second-order valence-corrected chi connectivity index (χ2v) is 9.15. The summed E-state index contributed by atoms with van der Waals surface area (Å²) >= 11 is 0. The predicted octanol–water partition coefficient (Wildman–Crippen LogP) is 1.53. The second kappa shape index (κ2) is 9.10. The van der Waals surface area contributed by atoms with E-state index in [0.717, 1.165) is 12.8 Å². The fourth-order valence-electron chi connectivity index (χ4n) is 4.04. The molecule has 2 N–H and O–H groups in total. The highest BCUT2D eigenvalue weighted by Crippen LogP contribution is 2.24. The summed E-state index contributed by atoms with van der Waals surface area (Å²) < 4.78 is 2.61. The first-order valence-electron chi connectivity index (χ1n) is 11.3. The van der Waals surface area contributed by atoms with Gasteiger partial charge in [-0.3, -0.25) is 19.0 Å². The summed E-state index contributed by atoms with van der Waals surface area (Å²) in [5, 5.41) is 26.7. The first-order chi connectivity index (χ1) is 15.8. The zero-order chi connectivity index (χ0) is 23.7. The van der Waals surface area contributed by atoms with E-state index in [1.807, 2.05) is 13.8 Å². The van der Waals surface area contributed by atoms with Gasteiger partial charge in [0.2, 0.25) is 11.8 Å². The van der Waals surface area contributed by atoms with Crippen LogP contribution < -0.4 is 10.9 Å². The van der Waals surface area contributed by atoms with Gasteiger partial charge in [0.15, 0.2) is 5.56 Å². The molecule has 10 heteroatoms. The van der Waals surface area contributed by atoms with Crippen molar-refractivity contribution >= 4 is 23.5 Å². The molecule has 0 atom stereocenters. The van der Waals surface area contributed by atoms with Crippen molar-refractivity contribution in [1.82, 2.24) is 24.4 Å². The Labute approximate surface area is 191 Å². The van der Waals surface area contributed by atoms with E-state index < -0.39 is 17.3 Å². The number of aromatic hydroxyl groups is 1. The summed E-state index contributed by atoms with van der Waals surface area (Å²) in [5.41, 5.74) is -0.115. The number of nitrogens with one attached hydrogen (secondary N) is 1. The van der Waals surface area contributed by atoms with Gasteiger partial charge in [0.1, 0.15) is 5.65 Å². The molecule has 2 fully saturated rings. The Morgan fingerprint density at radius 2 is 2.00 bits per heavy atom. The molecule has 0 radical (unpaired) electrons. The van der Waals surface area contributed by atoms with Crippen LogP contribution in [0.15, 0.2) is 17.1 Å². The highest BCUT2D eigenvalue weighted by atomic mass is 16.3. The van der Waals surface area contributed by atoms with Crippen molar-refractivity contribution in [1.29, 1.82) is 5.26 Å². The third-order valence-corrected chi connectivity index (χ3v) is 5.99. The number of amides is 2. The minimum atomic E-state index is -0.608. The fourth-order valence-corrected chi connectivity index (χ4v) is 4.04. The zero-order valence-corrected chi connectivity index (χ0v) is 18.8. The minimum Gasteiger partial charge on any atom is -0.492 e. The van der Waals surface area contributed by atoms with E-state index in [4.69, 9.17) is 5.26 Å². The molecular weight excluding hydrogens is 424 g/mol. The number of aromatic nitrogens is 3. The van der Waals surface area contributed by atoms with Gasteiger partial charge in [-0.05, 0) is 37.7 Å². The van der Waals surface area contributed by atoms with Gasteiger partial charge in [0.25, 0.3) is 11.5 Å². The molecule has 0 aromatic carbocycles. The van der Waals surface area contributed by atoms with Crippen LogP contribution in [0.25, 0.3) is 11.7 Å². The summed E-state index contributed by atoms with van der Waals surface area (Å²) in [4.78, 5) is 40.2. The number of carbonyl (C=O) groups excluding carboxylic acids is 2. The number of likely N-dealkylation sites (tertiary alicyclic amines) is 1. The average Bonchev–Trinajstić information content (AvgIpc) is 3.50. The molecule has 0 spiro atoms. The van der Waals surface area contributed by atoms with E-state index in [-0.39, 0.29) is 29.3 Å². The van der Waals surface area contributed by atoms with Crippen molar-refractivity contribution in [3.8, 4) is 11.9 Å². The molecule has 3 heterocycles. The van der Waals surface area contributed by atoms with Gasteiger partial charge in [0.05, 0.1) is 12.3 Å². The minimum absolute atomic E-state index is 0.0163. The zero-order valence-electron chi connectivity index (χ0n) is 18.8. The molecule has 0 bridgehead atoms. The third kappa shape index (κ3) is 4.62. The highest BCUT2D eigenvalue weighted by Gasteiger charge is 2.30. The second-order valence-electron chi connectivity index (χ2n) is 9.15. The van der Waals surface area contributed by atoms with Crippen molar-refractivity contribution in [2.75, 3.05) is 13.1 Å². The van der Waals surface area contributed by atoms with Crippen LogP contribution in [0.2, 0.25) is 0 Å². The molecule has 1 saturated heterocycles. The summed E-state index contributed by atoms with van der Waals surface area (Å²) in [5.74, 6) is -1.24. The van der Waals surface area contributed by atoms with Gasteiger partial charge < -0.3 is 15.3 Å². The monoisotopic (exact) mass is 452 g/mol. The van der Waals surface area contributed by atoms with E-state index in [2.05, 4.69) is 16.5 Å². The molecule has 1 saturated carbocycles. The maximum Gasteiger partial charge on any atom is 0.270 e. The van der Waals surface area contributed by atoms with E-state index in [0.29, 0.717) is 43.7 Å². The van der Waals surface area contributed by atoms with Crippen LogP contribution in [-0.4, -0.2) is 55.1 Å². The van der Waals surface area contributed by atoms with Gasteiger partial charge in [-0.2, -0.15) is 14.9 Å². The number of hydrogen-bond acceptors (Lipinski definition) is 6. The molecule has 2 amide bonds. The predicted molar refractivity (Wildman–Crippen MR) is 120 cm³/mol. The van der Waals surface area contributed by atoms with Crippen molar-refractivity contribution in [2.45, 2.75) is 52.1 Å². The molecule has 10 nitrogen and oxygen atoms in total. The molecule has 2 aromatic rings. The molecule has 2 aliphatic rings. The van der Waals surface area contributed by atoms with Crippen LogP contribution in [0.1, 0.15) is 55.5 Å². The summed E-state index contributed by atoms with van der Waals surface area (Å²) in [6.07, 6.45) is 7.46. The molecule has 2 aromatic heterocycles. The van der Waals surface area contributed by atoms with Crippen molar-refractivity contribution in [3.63, 3.8) is 0 Å². The van der Waals surface area contributed by atoms with Crippen LogP contribution in [0, 0.1) is 23.2 Å². The number of fused-ring (bicyclic) bond motifs is 1. The van der Waals surface area contributed by atoms with Gasteiger partial charge >= 0.3 is 0 Å². The number of rotatable bonds is 6. The Morgan fingerprint density at radius 1 is 1.30 bits per heavy atom. The number of carbonyl (C=O) groups is 2. The van der Waals surface area contributed by atoms with Crippen molar-refractivity contribution < 1.29 is 14.7 Å². The normalized spacial score (nSPS) is 17.1. The lowest BCUT2D eigenvalue weighted by molar-refractivity contribution is -0.127. The smallest absolute Gasteiger partial charge is 0.270 e. The SMILES string of the molecule is CC(C)Cn1c(=O)c(C(=O)NC2CC2)c(O)n2ncc(C=CC(=O)N3CCC(C#N)CC3)c12. The lowest BCUT2D eigenvalue weighted by atomic mass is 9.98. The molecule has 1 aliphatic heterocycles. The largest absolute Gasteiger partial charge is 0.492 e. The van der Waals surface area contributed by atoms with Crippen LogP contribution in [0.4, 0.5) is 0 Å². The number of nitriles is 1. The lowest BCUT2D eigenvalue weighted by Gasteiger charge is -2.28. The van der Waals surface area contributed by atoms with E-state index in [1.165, 1.54) is 21.4 Å². The van der Waals surface area contributed by atoms with Gasteiger partial charge in [-0.1, -0.05) is 13.8 Å². The summed E-state index contributed by atoms with van der Waals surface area (Å²) in [6, 6.07) is 2.28. The molecule has 174 valence electrons. The Kier molecular flexibility index (Phi) is 6.22. The average molecular weight is 453 g/mol. The highest BCUT2D eigenvalue weighted by molar-refractivity contribution is 5.97. The van der Waals surface area contributed by atoms with Crippen LogP contribution in [-0.2, 0) is 11.3 Å². The first-order valence-corrected chi connectivity index (χ1v) is 11.3. The van der Waals surface area contributed by atoms with E-state index in [1.54, 1.807) is 11.0 Å². The number of nitrogens with zero attached hydrogens (tertiary/aromatic N) is 5. The third-order valence-electron chi connectivity index (χ3n) is 5.99. The Balaban J connectivity index is 1.69. The molecule has 0 unspecified atom stereocenters. The summed E-state index contributed by atoms with van der Waals surface area (Å²) in [6.45, 7) is 5.25. The summed E-state index contributed by atoms with van der Waals surface area (Å²) in [7, 11) is 0. The van der Waals surface area contributed by atoms with Gasteiger partial charge in [-0.25, -0.2) is 0 Å². The molecular formula is C23H28N6O4. The maximum absolute atomic E-state index is 13.3. The van der Waals surface area contributed by atoms with Crippen molar-refractivity contribution in [3.05, 3.63) is 33.8 Å². The van der Waals surface area contributed by atoms with Crippen LogP contribution in [0.5, 0.6) is 5.88 Å². The Morgan fingerprint density at radius 3 is 2.61 bits per heavy atom. The van der Waals surface area contributed by atoms with Crippen LogP contribution >= 0.6 is 0 Å². The number of piperidine rings is 1. The molecule has 33 heavy (non-hydrogen) atoms.